The Kier molecular flexibility index (Phi) is 8.27. The molecule has 34 heavy (non-hydrogen) atoms. The molecule has 186 valence electrons. The minimum Gasteiger partial charge on any atom is -0.492 e. The van der Waals surface area contributed by atoms with Crippen LogP contribution in [0.15, 0.2) is 24.3 Å². The van der Waals surface area contributed by atoms with Crippen molar-refractivity contribution in [3.05, 3.63) is 46.8 Å². The maximum Gasteiger partial charge on any atom is 0.254 e. The lowest BCUT2D eigenvalue weighted by Gasteiger charge is -2.41. The number of piperidine rings is 1. The summed E-state index contributed by atoms with van der Waals surface area (Å²) < 4.78 is 14.0. The van der Waals surface area contributed by atoms with Crippen LogP contribution in [0.5, 0.6) is 5.75 Å². The van der Waals surface area contributed by atoms with Gasteiger partial charge >= 0.3 is 0 Å². The van der Waals surface area contributed by atoms with Gasteiger partial charge in [-0.2, -0.15) is 5.10 Å². The van der Waals surface area contributed by atoms with E-state index in [2.05, 4.69) is 30.4 Å². The van der Waals surface area contributed by atoms with Crippen LogP contribution >= 0.6 is 0 Å². The average molecular weight is 469 g/mol. The van der Waals surface area contributed by atoms with Crippen molar-refractivity contribution < 1.29 is 14.3 Å². The van der Waals surface area contributed by atoms with Gasteiger partial charge in [0, 0.05) is 50.1 Å². The molecule has 1 fully saturated rings. The van der Waals surface area contributed by atoms with Crippen molar-refractivity contribution in [1.82, 2.24) is 19.6 Å². The summed E-state index contributed by atoms with van der Waals surface area (Å²) in [5, 5.41) is 4.71. The first kappa shape index (κ1) is 24.7. The van der Waals surface area contributed by atoms with Crippen molar-refractivity contribution in [3.8, 4) is 5.75 Å². The number of fused-ring (bicyclic) bond motifs is 3. The maximum atomic E-state index is 13.4. The zero-order valence-electron chi connectivity index (χ0n) is 21.3. The number of benzene rings is 1. The highest BCUT2D eigenvalue weighted by Gasteiger charge is 2.34. The summed E-state index contributed by atoms with van der Waals surface area (Å²) in [5.41, 5.74) is 4.40. The van der Waals surface area contributed by atoms with Gasteiger partial charge in [-0.1, -0.05) is 12.5 Å². The van der Waals surface area contributed by atoms with E-state index in [0.29, 0.717) is 12.2 Å². The van der Waals surface area contributed by atoms with Crippen LogP contribution in [0.25, 0.3) is 0 Å². The quantitative estimate of drug-likeness (QED) is 0.673. The molecule has 1 aromatic heterocycles. The smallest absolute Gasteiger partial charge is 0.254 e. The van der Waals surface area contributed by atoms with E-state index in [1.807, 2.05) is 29.2 Å². The lowest BCUT2D eigenvalue weighted by Crippen LogP contribution is -2.51. The highest BCUT2D eigenvalue weighted by atomic mass is 16.5. The normalized spacial score (nSPS) is 22.7. The van der Waals surface area contributed by atoms with Gasteiger partial charge in [0.05, 0.1) is 17.8 Å². The predicted octanol–water partition coefficient (Wildman–Crippen LogP) is 4.20. The summed E-state index contributed by atoms with van der Waals surface area (Å²) in [4.78, 5) is 18.0. The Morgan fingerprint density at radius 2 is 1.97 bits per heavy atom. The number of hydrogen-bond donors (Lipinski definition) is 0. The molecule has 2 aromatic rings. The number of carbonyl (C=O) groups is 1. The highest BCUT2D eigenvalue weighted by Crippen LogP contribution is 2.27. The van der Waals surface area contributed by atoms with Gasteiger partial charge in [-0.25, -0.2) is 0 Å². The van der Waals surface area contributed by atoms with Crippen molar-refractivity contribution in [2.75, 3.05) is 33.4 Å². The number of ether oxygens (including phenoxy) is 2. The monoisotopic (exact) mass is 468 g/mol. The Morgan fingerprint density at radius 1 is 1.12 bits per heavy atom. The molecule has 2 bridgehead atoms. The van der Waals surface area contributed by atoms with Crippen LogP contribution in [0, 0.1) is 13.8 Å². The van der Waals surface area contributed by atoms with Gasteiger partial charge in [0.25, 0.3) is 5.91 Å². The molecule has 7 nitrogen and oxygen atoms in total. The Bertz CT molecular complexity index is 973. The molecule has 1 saturated heterocycles. The van der Waals surface area contributed by atoms with Gasteiger partial charge in [0.2, 0.25) is 0 Å². The Morgan fingerprint density at radius 3 is 2.74 bits per heavy atom. The van der Waals surface area contributed by atoms with E-state index in [9.17, 15) is 4.79 Å². The van der Waals surface area contributed by atoms with Gasteiger partial charge in [0.15, 0.2) is 0 Å². The van der Waals surface area contributed by atoms with Crippen molar-refractivity contribution in [1.29, 1.82) is 0 Å². The van der Waals surface area contributed by atoms with Crippen LogP contribution in [0.4, 0.5) is 0 Å². The van der Waals surface area contributed by atoms with Gasteiger partial charge in [-0.05, 0) is 71.2 Å². The molecule has 1 amide bonds. The molecule has 2 atom stereocenters. The summed E-state index contributed by atoms with van der Waals surface area (Å²) in [7, 11) is 1.78. The van der Waals surface area contributed by atoms with Crippen LogP contribution in [-0.4, -0.2) is 71.0 Å². The second kappa shape index (κ2) is 11.4. The number of nitrogens with zero attached hydrogens (tertiary/aromatic N) is 4. The second-order valence-electron chi connectivity index (χ2n) is 9.60. The van der Waals surface area contributed by atoms with Crippen LogP contribution in [0.1, 0.15) is 66.3 Å². The minimum absolute atomic E-state index is 0.0924. The third kappa shape index (κ3) is 5.47. The molecule has 7 heteroatoms. The van der Waals surface area contributed by atoms with Gasteiger partial charge in [-0.15, -0.1) is 0 Å². The molecule has 0 unspecified atom stereocenters. The van der Waals surface area contributed by atoms with Crippen LogP contribution < -0.4 is 4.74 Å². The zero-order chi connectivity index (χ0) is 24.1. The first-order valence-electron chi connectivity index (χ1n) is 12.8. The molecule has 0 N–H and O–H groups in total. The van der Waals surface area contributed by atoms with Crippen molar-refractivity contribution >= 4 is 5.91 Å². The predicted molar refractivity (Wildman–Crippen MR) is 133 cm³/mol. The Labute approximate surface area is 204 Å². The minimum atomic E-state index is 0.0924. The van der Waals surface area contributed by atoms with Crippen LogP contribution in [0.3, 0.4) is 0 Å². The van der Waals surface area contributed by atoms with E-state index >= 15 is 0 Å². The fourth-order valence-electron chi connectivity index (χ4n) is 5.52. The Hall–Kier alpha value is -2.38. The summed E-state index contributed by atoms with van der Waals surface area (Å²) in [6.07, 6.45) is 5.22. The summed E-state index contributed by atoms with van der Waals surface area (Å²) in [6, 6.07) is 7.78. The molecule has 3 heterocycles. The van der Waals surface area contributed by atoms with E-state index in [0.717, 1.165) is 76.3 Å². The van der Waals surface area contributed by atoms with Crippen molar-refractivity contribution in [2.24, 2.45) is 0 Å². The van der Waals surface area contributed by atoms with Gasteiger partial charge < -0.3 is 14.4 Å². The van der Waals surface area contributed by atoms with E-state index in [1.54, 1.807) is 7.11 Å². The number of carbonyl (C=O) groups excluding carboxylic acids is 1. The van der Waals surface area contributed by atoms with E-state index in [1.165, 1.54) is 11.3 Å². The number of amides is 1. The number of hydrogen-bond acceptors (Lipinski definition) is 5. The number of methoxy groups -OCH3 is 1. The third-order valence-corrected chi connectivity index (χ3v) is 7.47. The standard InChI is InChI=1S/C27H40N4O3/c1-5-31-21(3)24(20(2)28-31)19-29-14-7-6-12-25-26(33-4)13-9-15-30(25)27(32)22-10-8-11-23(18-22)34-17-16-29/h8,10-11,18,25-26H,5-7,9,12-17,19H2,1-4H3/t25-,26-/m1/s1. The molecule has 0 radical (unpaired) electrons. The molecule has 0 aliphatic carbocycles. The SMILES string of the molecule is CCn1nc(C)c(CN2CCCC[C@@H]3[C@H](OC)CCCN3C(=O)c3cccc(c3)OCC2)c1C. The highest BCUT2D eigenvalue weighted by molar-refractivity contribution is 5.95. The van der Waals surface area contributed by atoms with Crippen molar-refractivity contribution in [3.63, 3.8) is 0 Å². The third-order valence-electron chi connectivity index (χ3n) is 7.47. The van der Waals surface area contributed by atoms with Crippen molar-refractivity contribution in [2.45, 2.75) is 78.1 Å². The number of aromatic nitrogens is 2. The van der Waals surface area contributed by atoms with Crippen LogP contribution in [-0.2, 0) is 17.8 Å². The number of aryl methyl sites for hydroxylation is 2. The summed E-state index contributed by atoms with van der Waals surface area (Å²) in [6.45, 7) is 11.4. The molecule has 2 aliphatic heterocycles. The molecule has 1 aromatic carbocycles. The fraction of sp³-hybridized carbons (Fsp3) is 0.630. The second-order valence-corrected chi connectivity index (χ2v) is 9.60. The first-order chi connectivity index (χ1) is 16.5. The Balaban J connectivity index is 1.55. The summed E-state index contributed by atoms with van der Waals surface area (Å²) >= 11 is 0. The first-order valence-corrected chi connectivity index (χ1v) is 12.8. The summed E-state index contributed by atoms with van der Waals surface area (Å²) in [5.74, 6) is 0.848. The largest absolute Gasteiger partial charge is 0.492 e. The molecular formula is C27H40N4O3. The molecule has 2 aliphatic rings. The van der Waals surface area contributed by atoms with Gasteiger partial charge in [0.1, 0.15) is 12.4 Å². The van der Waals surface area contributed by atoms with Gasteiger partial charge in [-0.3, -0.25) is 14.4 Å². The molecular weight excluding hydrogens is 428 g/mol. The maximum absolute atomic E-state index is 13.4. The lowest BCUT2D eigenvalue weighted by molar-refractivity contribution is -0.0156. The molecule has 0 spiro atoms. The molecule has 0 saturated carbocycles. The number of rotatable bonds is 4. The zero-order valence-corrected chi connectivity index (χ0v) is 21.3. The lowest BCUT2D eigenvalue weighted by atomic mass is 9.93. The van der Waals surface area contributed by atoms with Crippen LogP contribution in [0.2, 0.25) is 0 Å². The van der Waals surface area contributed by atoms with E-state index in [4.69, 9.17) is 14.6 Å². The average Bonchev–Trinajstić information content (AvgIpc) is 3.13. The van der Waals surface area contributed by atoms with E-state index < -0.39 is 0 Å². The van der Waals surface area contributed by atoms with E-state index in [-0.39, 0.29) is 18.1 Å². The fourth-order valence-corrected chi connectivity index (χ4v) is 5.52. The molecule has 4 rings (SSSR count). The topological polar surface area (TPSA) is 59.8 Å².